The fraction of sp³-hybridized carbons (Fsp3) is 0.200. The van der Waals surface area contributed by atoms with Gasteiger partial charge in [0.05, 0.1) is 10.6 Å². The molecule has 0 radical (unpaired) electrons. The van der Waals surface area contributed by atoms with Gasteiger partial charge in [0.2, 0.25) is 0 Å². The van der Waals surface area contributed by atoms with Crippen LogP contribution in [0.2, 0.25) is 0 Å². The predicted molar refractivity (Wildman–Crippen MR) is 83.4 cm³/mol. The van der Waals surface area contributed by atoms with E-state index >= 15 is 0 Å². The van der Waals surface area contributed by atoms with Crippen molar-refractivity contribution in [2.75, 3.05) is 4.72 Å². The van der Waals surface area contributed by atoms with Gasteiger partial charge in [-0.2, -0.15) is 0 Å². The van der Waals surface area contributed by atoms with Crippen LogP contribution in [0, 0.1) is 5.82 Å². The van der Waals surface area contributed by atoms with E-state index in [4.69, 9.17) is 0 Å². The predicted octanol–water partition coefficient (Wildman–Crippen LogP) is 3.88. The van der Waals surface area contributed by atoms with Gasteiger partial charge in [-0.15, -0.1) is 0 Å². The molecule has 6 heteroatoms. The Balaban J connectivity index is 1.95. The van der Waals surface area contributed by atoms with E-state index in [1.54, 1.807) is 12.1 Å². The summed E-state index contributed by atoms with van der Waals surface area (Å²) in [5, 5.41) is 0. The number of hydrogen-bond donors (Lipinski definition) is 1. The van der Waals surface area contributed by atoms with Crippen molar-refractivity contribution in [3.8, 4) is 0 Å². The van der Waals surface area contributed by atoms with Gasteiger partial charge in [-0.25, -0.2) is 12.8 Å². The number of rotatable bonds is 3. The van der Waals surface area contributed by atoms with E-state index < -0.39 is 15.8 Å². The molecule has 1 aliphatic carbocycles. The second kappa shape index (κ2) is 5.42. The van der Waals surface area contributed by atoms with Gasteiger partial charge >= 0.3 is 0 Å². The Bertz CT molecular complexity index is 805. The van der Waals surface area contributed by atoms with Crippen LogP contribution in [0.4, 0.5) is 10.1 Å². The van der Waals surface area contributed by atoms with Crippen LogP contribution in [0.3, 0.4) is 0 Å². The third kappa shape index (κ3) is 2.96. The first kappa shape index (κ1) is 14.5. The molecule has 2 aromatic carbocycles. The molecular weight excluding hydrogens is 357 g/mol. The summed E-state index contributed by atoms with van der Waals surface area (Å²) in [6, 6.07) is 9.04. The lowest BCUT2D eigenvalue weighted by molar-refractivity contribution is 0.601. The third-order valence-corrected chi connectivity index (χ3v) is 5.61. The molecule has 0 unspecified atom stereocenters. The van der Waals surface area contributed by atoms with Gasteiger partial charge in [-0.1, -0.05) is 6.07 Å². The van der Waals surface area contributed by atoms with Crippen LogP contribution < -0.4 is 4.72 Å². The molecule has 0 fully saturated rings. The van der Waals surface area contributed by atoms with Gasteiger partial charge in [0, 0.05) is 4.47 Å². The van der Waals surface area contributed by atoms with E-state index in [0.29, 0.717) is 4.47 Å². The van der Waals surface area contributed by atoms with Crippen molar-refractivity contribution < 1.29 is 12.8 Å². The molecule has 0 atom stereocenters. The van der Waals surface area contributed by atoms with E-state index in [1.165, 1.54) is 17.7 Å². The average Bonchev–Trinajstić information content (AvgIpc) is 2.90. The minimum Gasteiger partial charge on any atom is -0.278 e. The molecule has 0 aromatic heterocycles. The lowest BCUT2D eigenvalue weighted by atomic mass is 10.1. The Labute approximate surface area is 131 Å². The SMILES string of the molecule is O=S(=O)(Nc1cc(F)ccc1Br)c1ccc2c(c1)CCC2. The van der Waals surface area contributed by atoms with Crippen LogP contribution in [-0.4, -0.2) is 8.42 Å². The van der Waals surface area contributed by atoms with E-state index in [-0.39, 0.29) is 10.6 Å². The van der Waals surface area contributed by atoms with Crippen LogP contribution in [-0.2, 0) is 22.9 Å². The zero-order valence-corrected chi connectivity index (χ0v) is 13.5. The molecule has 21 heavy (non-hydrogen) atoms. The smallest absolute Gasteiger partial charge is 0.261 e. The molecule has 0 amide bonds. The van der Waals surface area contributed by atoms with Crippen molar-refractivity contribution in [1.29, 1.82) is 0 Å². The molecule has 0 heterocycles. The molecule has 0 spiro atoms. The maximum Gasteiger partial charge on any atom is 0.261 e. The monoisotopic (exact) mass is 369 g/mol. The van der Waals surface area contributed by atoms with Crippen LogP contribution in [0.25, 0.3) is 0 Å². The van der Waals surface area contributed by atoms with Crippen molar-refractivity contribution in [1.82, 2.24) is 0 Å². The van der Waals surface area contributed by atoms with Crippen LogP contribution >= 0.6 is 15.9 Å². The number of hydrogen-bond acceptors (Lipinski definition) is 2. The molecule has 0 saturated heterocycles. The maximum absolute atomic E-state index is 13.2. The topological polar surface area (TPSA) is 46.2 Å². The van der Waals surface area contributed by atoms with Crippen molar-refractivity contribution in [3.05, 3.63) is 57.8 Å². The highest BCUT2D eigenvalue weighted by Crippen LogP contribution is 2.28. The summed E-state index contributed by atoms with van der Waals surface area (Å²) in [5.74, 6) is -0.496. The summed E-state index contributed by atoms with van der Waals surface area (Å²) >= 11 is 3.21. The first-order chi connectivity index (χ1) is 9.95. The lowest BCUT2D eigenvalue weighted by Gasteiger charge is -2.11. The van der Waals surface area contributed by atoms with E-state index in [0.717, 1.165) is 30.9 Å². The summed E-state index contributed by atoms with van der Waals surface area (Å²) < 4.78 is 41.0. The van der Waals surface area contributed by atoms with Gasteiger partial charge in [0.25, 0.3) is 10.0 Å². The highest BCUT2D eigenvalue weighted by Gasteiger charge is 2.19. The molecule has 0 bridgehead atoms. The van der Waals surface area contributed by atoms with Gasteiger partial charge < -0.3 is 0 Å². The minimum absolute atomic E-state index is 0.190. The molecule has 3 nitrogen and oxygen atoms in total. The average molecular weight is 370 g/mol. The maximum atomic E-state index is 13.2. The molecule has 0 aliphatic heterocycles. The number of sulfonamides is 1. The fourth-order valence-corrected chi connectivity index (χ4v) is 4.09. The Kier molecular flexibility index (Phi) is 3.75. The standard InChI is InChI=1S/C15H13BrFNO2S/c16-14-7-5-12(17)9-15(14)18-21(19,20)13-6-4-10-2-1-3-11(10)8-13/h4-9,18H,1-3H2. The number of nitrogens with one attached hydrogen (secondary N) is 1. The summed E-state index contributed by atoms with van der Waals surface area (Å²) in [6.45, 7) is 0. The number of anilines is 1. The Morgan fingerprint density at radius 2 is 1.81 bits per heavy atom. The van der Waals surface area contributed by atoms with E-state index in [2.05, 4.69) is 20.7 Å². The van der Waals surface area contributed by atoms with Gasteiger partial charge in [-0.05, 0) is 76.7 Å². The van der Waals surface area contributed by atoms with Crippen molar-refractivity contribution in [3.63, 3.8) is 0 Å². The number of aryl methyl sites for hydroxylation is 2. The zero-order chi connectivity index (χ0) is 15.0. The molecule has 2 aromatic rings. The molecule has 110 valence electrons. The van der Waals surface area contributed by atoms with E-state index in [9.17, 15) is 12.8 Å². The molecular formula is C15H13BrFNO2S. The molecule has 1 aliphatic rings. The fourth-order valence-electron chi connectivity index (χ4n) is 2.49. The second-order valence-corrected chi connectivity index (χ2v) is 7.55. The third-order valence-electron chi connectivity index (χ3n) is 3.55. The first-order valence-electron chi connectivity index (χ1n) is 6.55. The lowest BCUT2D eigenvalue weighted by Crippen LogP contribution is -2.13. The van der Waals surface area contributed by atoms with Crippen LogP contribution in [0.1, 0.15) is 17.5 Å². The first-order valence-corrected chi connectivity index (χ1v) is 8.83. The molecule has 3 rings (SSSR count). The normalized spacial score (nSPS) is 14.0. The van der Waals surface area contributed by atoms with Gasteiger partial charge in [0.1, 0.15) is 5.82 Å². The number of benzene rings is 2. The van der Waals surface area contributed by atoms with Crippen LogP contribution in [0.15, 0.2) is 45.8 Å². The Hall–Kier alpha value is -1.40. The summed E-state index contributed by atoms with van der Waals surface area (Å²) in [6.07, 6.45) is 2.96. The Morgan fingerprint density at radius 1 is 1.05 bits per heavy atom. The summed E-state index contributed by atoms with van der Waals surface area (Å²) in [7, 11) is -3.72. The van der Waals surface area contributed by atoms with Crippen molar-refractivity contribution >= 4 is 31.6 Å². The zero-order valence-electron chi connectivity index (χ0n) is 11.1. The van der Waals surface area contributed by atoms with Crippen molar-refractivity contribution in [2.45, 2.75) is 24.2 Å². The van der Waals surface area contributed by atoms with Crippen molar-refractivity contribution in [2.24, 2.45) is 0 Å². The highest BCUT2D eigenvalue weighted by atomic mass is 79.9. The largest absolute Gasteiger partial charge is 0.278 e. The minimum atomic E-state index is -3.72. The second-order valence-electron chi connectivity index (χ2n) is 5.01. The van der Waals surface area contributed by atoms with E-state index in [1.807, 2.05) is 6.07 Å². The van der Waals surface area contributed by atoms with Crippen LogP contribution in [0.5, 0.6) is 0 Å². The molecule has 0 saturated carbocycles. The number of fused-ring (bicyclic) bond motifs is 1. The molecule has 1 N–H and O–H groups in total. The summed E-state index contributed by atoms with van der Waals surface area (Å²) in [4.78, 5) is 0.208. The van der Waals surface area contributed by atoms with Gasteiger partial charge in [0.15, 0.2) is 0 Å². The number of halogens is 2. The quantitative estimate of drug-likeness (QED) is 0.892. The Morgan fingerprint density at radius 3 is 2.62 bits per heavy atom. The summed E-state index contributed by atoms with van der Waals surface area (Å²) in [5.41, 5.74) is 2.48. The highest BCUT2D eigenvalue weighted by molar-refractivity contribution is 9.10. The van der Waals surface area contributed by atoms with Gasteiger partial charge in [-0.3, -0.25) is 4.72 Å².